The molecule has 26 heavy (non-hydrogen) atoms. The molecule has 1 saturated carbocycles. The third-order valence-corrected chi connectivity index (χ3v) is 7.51. The third kappa shape index (κ3) is 5.06. The van der Waals surface area contributed by atoms with E-state index in [1.54, 1.807) is 45.0 Å². The predicted octanol–water partition coefficient (Wildman–Crippen LogP) is 3.23. The Morgan fingerprint density at radius 2 is 1.69 bits per heavy atom. The van der Waals surface area contributed by atoms with Gasteiger partial charge < -0.3 is 10.4 Å². The number of rotatable bonds is 5. The van der Waals surface area contributed by atoms with Gasteiger partial charge in [-0.25, -0.2) is 8.42 Å². The summed E-state index contributed by atoms with van der Waals surface area (Å²) >= 11 is 0. The molecule has 0 atom stereocenters. The van der Waals surface area contributed by atoms with Crippen LogP contribution >= 0.6 is 0 Å². The van der Waals surface area contributed by atoms with Crippen LogP contribution < -0.4 is 5.32 Å². The van der Waals surface area contributed by atoms with Crippen LogP contribution in [0.5, 0.6) is 0 Å². The van der Waals surface area contributed by atoms with Crippen molar-refractivity contribution in [3.05, 3.63) is 29.8 Å². The molecule has 1 amide bonds. The molecular weight excluding hydrogens is 354 g/mol. The van der Waals surface area contributed by atoms with E-state index in [2.05, 4.69) is 5.32 Å². The summed E-state index contributed by atoms with van der Waals surface area (Å²) < 4.78 is 23.9. The Hall–Kier alpha value is -1.89. The number of aliphatic carboxylic acids is 1. The molecule has 7 heteroatoms. The minimum atomic E-state index is -3.30. The van der Waals surface area contributed by atoms with E-state index in [0.717, 1.165) is 0 Å². The highest BCUT2D eigenvalue weighted by atomic mass is 32.2. The zero-order valence-electron chi connectivity index (χ0n) is 15.5. The number of benzene rings is 1. The van der Waals surface area contributed by atoms with Crippen LogP contribution in [0, 0.1) is 11.8 Å². The first kappa shape index (κ1) is 20.4. The molecule has 0 aromatic heterocycles. The number of anilines is 1. The second-order valence-corrected chi connectivity index (χ2v) is 10.7. The van der Waals surface area contributed by atoms with Gasteiger partial charge in [-0.2, -0.15) is 0 Å². The predicted molar refractivity (Wildman–Crippen MR) is 101 cm³/mol. The maximum absolute atomic E-state index is 12.4. The maximum atomic E-state index is 12.4. The summed E-state index contributed by atoms with van der Waals surface area (Å²) in [5.74, 6) is -1.57. The standard InChI is InChI=1S/C19H27NO5S/c1-19(2,3)26(24,25)12-13-5-4-6-16(11-13)20-17(21)14-7-9-15(10-8-14)18(22)23/h4-6,11,14-15H,7-10,12H2,1-3H3,(H,20,21)(H,22,23). The molecule has 0 heterocycles. The van der Waals surface area contributed by atoms with Crippen molar-refractivity contribution in [3.63, 3.8) is 0 Å². The lowest BCUT2D eigenvalue weighted by molar-refractivity contribution is -0.143. The van der Waals surface area contributed by atoms with Crippen molar-refractivity contribution in [3.8, 4) is 0 Å². The molecule has 1 aromatic rings. The second-order valence-electron chi connectivity index (χ2n) is 7.95. The topological polar surface area (TPSA) is 101 Å². The van der Waals surface area contributed by atoms with E-state index in [9.17, 15) is 18.0 Å². The highest BCUT2D eigenvalue weighted by Gasteiger charge is 2.30. The van der Waals surface area contributed by atoms with Gasteiger partial charge in [0.15, 0.2) is 9.84 Å². The van der Waals surface area contributed by atoms with Crippen molar-refractivity contribution in [1.29, 1.82) is 0 Å². The highest BCUT2D eigenvalue weighted by Crippen LogP contribution is 2.30. The Morgan fingerprint density at radius 1 is 1.12 bits per heavy atom. The van der Waals surface area contributed by atoms with Gasteiger partial charge in [0, 0.05) is 11.6 Å². The smallest absolute Gasteiger partial charge is 0.306 e. The van der Waals surface area contributed by atoms with Gasteiger partial charge in [-0.05, 0) is 64.2 Å². The number of carbonyl (C=O) groups excluding carboxylic acids is 1. The Labute approximate surface area is 154 Å². The van der Waals surface area contributed by atoms with Gasteiger partial charge >= 0.3 is 5.97 Å². The summed E-state index contributed by atoms with van der Waals surface area (Å²) in [6, 6.07) is 6.87. The zero-order chi connectivity index (χ0) is 19.5. The van der Waals surface area contributed by atoms with Crippen molar-refractivity contribution < 1.29 is 23.1 Å². The highest BCUT2D eigenvalue weighted by molar-refractivity contribution is 7.91. The van der Waals surface area contributed by atoms with Crippen LogP contribution in [0.2, 0.25) is 0 Å². The van der Waals surface area contributed by atoms with E-state index in [-0.39, 0.29) is 23.5 Å². The molecule has 0 aliphatic heterocycles. The number of hydrogen-bond donors (Lipinski definition) is 2. The summed E-state index contributed by atoms with van der Waals surface area (Å²) in [6.45, 7) is 5.00. The van der Waals surface area contributed by atoms with Gasteiger partial charge in [0.05, 0.1) is 16.4 Å². The Balaban J connectivity index is 2.01. The van der Waals surface area contributed by atoms with Crippen molar-refractivity contribution in [2.24, 2.45) is 11.8 Å². The average molecular weight is 381 g/mol. The van der Waals surface area contributed by atoms with Gasteiger partial charge in [0.1, 0.15) is 0 Å². The fourth-order valence-electron chi connectivity index (χ4n) is 3.02. The van der Waals surface area contributed by atoms with Gasteiger partial charge in [-0.3, -0.25) is 9.59 Å². The average Bonchev–Trinajstić information content (AvgIpc) is 2.53. The molecule has 1 aromatic carbocycles. The summed E-state index contributed by atoms with van der Waals surface area (Å²) in [5.41, 5.74) is 1.20. The molecular formula is C19H27NO5S. The normalized spacial score (nSPS) is 21.2. The van der Waals surface area contributed by atoms with Gasteiger partial charge in [0.2, 0.25) is 5.91 Å². The summed E-state index contributed by atoms with van der Waals surface area (Å²) in [5, 5.41) is 11.9. The van der Waals surface area contributed by atoms with Crippen molar-refractivity contribution in [2.75, 3.05) is 5.32 Å². The number of amides is 1. The Morgan fingerprint density at radius 3 is 2.23 bits per heavy atom. The Kier molecular flexibility index (Phi) is 6.11. The number of carbonyl (C=O) groups is 2. The van der Waals surface area contributed by atoms with Crippen molar-refractivity contribution >= 4 is 27.4 Å². The van der Waals surface area contributed by atoms with Crippen molar-refractivity contribution in [2.45, 2.75) is 57.0 Å². The summed E-state index contributed by atoms with van der Waals surface area (Å²) in [4.78, 5) is 23.4. The molecule has 0 spiro atoms. The third-order valence-electron chi connectivity index (χ3n) is 4.93. The molecule has 2 N–H and O–H groups in total. The lowest BCUT2D eigenvalue weighted by Gasteiger charge is -2.25. The van der Waals surface area contributed by atoms with Gasteiger partial charge in [-0.15, -0.1) is 0 Å². The molecule has 1 fully saturated rings. The second kappa shape index (κ2) is 7.78. The van der Waals surface area contributed by atoms with E-state index in [4.69, 9.17) is 5.11 Å². The zero-order valence-corrected chi connectivity index (χ0v) is 16.3. The molecule has 0 radical (unpaired) electrons. The van der Waals surface area contributed by atoms with Crippen LogP contribution in [-0.2, 0) is 25.2 Å². The van der Waals surface area contributed by atoms with Crippen LogP contribution in [0.25, 0.3) is 0 Å². The minimum absolute atomic E-state index is 0.0794. The van der Waals surface area contributed by atoms with E-state index in [1.807, 2.05) is 0 Å². The van der Waals surface area contributed by atoms with Crippen LogP contribution in [0.4, 0.5) is 5.69 Å². The molecule has 0 unspecified atom stereocenters. The monoisotopic (exact) mass is 381 g/mol. The summed E-state index contributed by atoms with van der Waals surface area (Å²) in [7, 11) is -3.30. The molecule has 1 aliphatic carbocycles. The van der Waals surface area contributed by atoms with Crippen LogP contribution in [0.3, 0.4) is 0 Å². The first-order valence-corrected chi connectivity index (χ1v) is 10.5. The molecule has 2 rings (SSSR count). The number of carboxylic acids is 1. The fraction of sp³-hybridized carbons (Fsp3) is 0.579. The minimum Gasteiger partial charge on any atom is -0.481 e. The van der Waals surface area contributed by atoms with Gasteiger partial charge in [-0.1, -0.05) is 12.1 Å². The molecule has 6 nitrogen and oxygen atoms in total. The van der Waals surface area contributed by atoms with E-state index in [1.165, 1.54) is 0 Å². The van der Waals surface area contributed by atoms with Gasteiger partial charge in [0.25, 0.3) is 0 Å². The number of nitrogens with one attached hydrogen (secondary N) is 1. The fourth-order valence-corrected chi connectivity index (χ4v) is 4.07. The number of sulfone groups is 1. The van der Waals surface area contributed by atoms with Crippen molar-refractivity contribution in [1.82, 2.24) is 0 Å². The quantitative estimate of drug-likeness (QED) is 0.815. The molecule has 0 bridgehead atoms. The first-order chi connectivity index (χ1) is 12.0. The number of hydrogen-bond acceptors (Lipinski definition) is 4. The Bertz CT molecular complexity index is 771. The number of carboxylic acid groups (broad SMARTS) is 1. The molecule has 1 aliphatic rings. The first-order valence-electron chi connectivity index (χ1n) is 8.84. The molecule has 0 saturated heterocycles. The van der Waals surface area contributed by atoms with Crippen LogP contribution in [-0.4, -0.2) is 30.1 Å². The lowest BCUT2D eigenvalue weighted by Crippen LogP contribution is -2.30. The molecule has 144 valence electrons. The van der Waals surface area contributed by atoms with E-state index >= 15 is 0 Å². The summed E-state index contributed by atoms with van der Waals surface area (Å²) in [6.07, 6.45) is 2.14. The van der Waals surface area contributed by atoms with Crippen LogP contribution in [0.15, 0.2) is 24.3 Å². The SMILES string of the molecule is CC(C)(C)S(=O)(=O)Cc1cccc(NC(=O)C2CCC(C(=O)O)CC2)c1. The lowest BCUT2D eigenvalue weighted by atomic mass is 9.81. The van der Waals surface area contributed by atoms with Crippen LogP contribution in [0.1, 0.15) is 52.0 Å². The van der Waals surface area contributed by atoms with E-state index in [0.29, 0.717) is 36.9 Å². The largest absolute Gasteiger partial charge is 0.481 e. The maximum Gasteiger partial charge on any atom is 0.306 e. The van der Waals surface area contributed by atoms with E-state index < -0.39 is 20.6 Å².